The van der Waals surface area contributed by atoms with Gasteiger partial charge in [-0.15, -0.1) is 0 Å². The average molecular weight is 221 g/mol. The van der Waals surface area contributed by atoms with Crippen LogP contribution in [0.3, 0.4) is 0 Å². The molecule has 3 heteroatoms. The van der Waals surface area contributed by atoms with E-state index in [0.717, 1.165) is 44.7 Å². The van der Waals surface area contributed by atoms with Gasteiger partial charge in [-0.25, -0.2) is 0 Å². The molecule has 0 radical (unpaired) electrons. The Labute approximate surface area is 98.4 Å². The fourth-order valence-electron chi connectivity index (χ4n) is 2.62. The van der Waals surface area contributed by atoms with Gasteiger partial charge >= 0.3 is 0 Å². The lowest BCUT2D eigenvalue weighted by atomic mass is 10.1. The summed E-state index contributed by atoms with van der Waals surface area (Å²) < 4.78 is 0. The first-order valence-corrected chi connectivity index (χ1v) is 6.42. The average Bonchev–Trinajstić information content (AvgIpc) is 2.69. The van der Waals surface area contributed by atoms with E-state index in [1.807, 2.05) is 0 Å². The summed E-state index contributed by atoms with van der Waals surface area (Å²) >= 11 is 0. The standard InChI is InChI=1S/C13H23N3/c1-2-3-4-11-5-6-12(13(11)14)16-9-7-15-8-10-16/h3-4,12,15H,2,5-10,14H2,1H3/b4-3-/t12-/m1/s1. The van der Waals surface area contributed by atoms with E-state index in [2.05, 4.69) is 29.3 Å². The maximum atomic E-state index is 6.26. The molecule has 16 heavy (non-hydrogen) atoms. The number of piperazine rings is 1. The third kappa shape index (κ3) is 2.47. The molecular weight excluding hydrogens is 198 g/mol. The molecule has 2 rings (SSSR count). The second-order valence-electron chi connectivity index (χ2n) is 4.63. The van der Waals surface area contributed by atoms with Crippen LogP contribution in [-0.4, -0.2) is 37.1 Å². The Morgan fingerprint density at radius 1 is 1.44 bits per heavy atom. The van der Waals surface area contributed by atoms with E-state index in [0.29, 0.717) is 6.04 Å². The summed E-state index contributed by atoms with van der Waals surface area (Å²) in [6, 6.07) is 0.499. The van der Waals surface area contributed by atoms with Gasteiger partial charge in [-0.1, -0.05) is 19.1 Å². The number of nitrogens with one attached hydrogen (secondary N) is 1. The maximum absolute atomic E-state index is 6.26. The van der Waals surface area contributed by atoms with Crippen LogP contribution in [0.5, 0.6) is 0 Å². The Morgan fingerprint density at radius 2 is 2.19 bits per heavy atom. The first kappa shape index (κ1) is 11.7. The molecule has 2 aliphatic rings. The topological polar surface area (TPSA) is 41.3 Å². The Kier molecular flexibility index (Phi) is 4.02. The number of hydrogen-bond acceptors (Lipinski definition) is 3. The van der Waals surface area contributed by atoms with Crippen LogP contribution in [0.15, 0.2) is 23.4 Å². The van der Waals surface area contributed by atoms with Crippen LogP contribution in [0.25, 0.3) is 0 Å². The maximum Gasteiger partial charge on any atom is 0.0500 e. The predicted molar refractivity (Wildman–Crippen MR) is 68.1 cm³/mol. The minimum absolute atomic E-state index is 0.499. The number of allylic oxidation sites excluding steroid dienone is 3. The molecule has 0 amide bonds. The van der Waals surface area contributed by atoms with Crippen molar-refractivity contribution in [3.63, 3.8) is 0 Å². The minimum Gasteiger partial charge on any atom is -0.401 e. The van der Waals surface area contributed by atoms with Gasteiger partial charge in [-0.2, -0.15) is 0 Å². The lowest BCUT2D eigenvalue weighted by Gasteiger charge is -2.33. The summed E-state index contributed by atoms with van der Waals surface area (Å²) in [7, 11) is 0. The Balaban J connectivity index is 2.01. The van der Waals surface area contributed by atoms with E-state index in [9.17, 15) is 0 Å². The minimum atomic E-state index is 0.499. The van der Waals surface area contributed by atoms with Crippen LogP contribution in [-0.2, 0) is 0 Å². The number of nitrogens with two attached hydrogens (primary N) is 1. The Morgan fingerprint density at radius 3 is 2.88 bits per heavy atom. The molecule has 1 atom stereocenters. The molecule has 1 saturated heterocycles. The van der Waals surface area contributed by atoms with Crippen molar-refractivity contribution in [2.45, 2.75) is 32.2 Å². The van der Waals surface area contributed by atoms with Crippen molar-refractivity contribution < 1.29 is 0 Å². The van der Waals surface area contributed by atoms with Crippen LogP contribution >= 0.6 is 0 Å². The lowest BCUT2D eigenvalue weighted by molar-refractivity contribution is 0.193. The highest BCUT2D eigenvalue weighted by Gasteiger charge is 2.28. The van der Waals surface area contributed by atoms with E-state index in [1.54, 1.807) is 0 Å². The van der Waals surface area contributed by atoms with E-state index < -0.39 is 0 Å². The largest absolute Gasteiger partial charge is 0.401 e. The Hall–Kier alpha value is -0.800. The molecule has 1 heterocycles. The molecule has 3 nitrogen and oxygen atoms in total. The zero-order valence-corrected chi connectivity index (χ0v) is 10.2. The molecule has 90 valence electrons. The molecule has 3 N–H and O–H groups in total. The molecule has 0 aromatic carbocycles. The molecule has 1 aliphatic heterocycles. The summed E-state index contributed by atoms with van der Waals surface area (Å²) in [5, 5.41) is 3.39. The number of nitrogens with zero attached hydrogens (tertiary/aromatic N) is 1. The Bertz CT molecular complexity index is 288. The third-order valence-corrected chi connectivity index (χ3v) is 3.56. The van der Waals surface area contributed by atoms with Gasteiger partial charge in [0.15, 0.2) is 0 Å². The van der Waals surface area contributed by atoms with Crippen molar-refractivity contribution in [1.29, 1.82) is 0 Å². The molecule has 0 saturated carbocycles. The number of rotatable bonds is 3. The van der Waals surface area contributed by atoms with Gasteiger partial charge in [-0.05, 0) is 24.8 Å². The quantitative estimate of drug-likeness (QED) is 0.753. The summed E-state index contributed by atoms with van der Waals surface area (Å²) in [4.78, 5) is 2.53. The second-order valence-corrected chi connectivity index (χ2v) is 4.63. The first-order valence-electron chi connectivity index (χ1n) is 6.42. The highest BCUT2D eigenvalue weighted by atomic mass is 15.2. The van der Waals surface area contributed by atoms with Crippen LogP contribution in [0.2, 0.25) is 0 Å². The normalized spacial score (nSPS) is 28.2. The van der Waals surface area contributed by atoms with Gasteiger partial charge in [-0.3, -0.25) is 4.90 Å². The van der Waals surface area contributed by atoms with Crippen LogP contribution in [0, 0.1) is 0 Å². The van der Waals surface area contributed by atoms with Gasteiger partial charge in [0.2, 0.25) is 0 Å². The molecule has 1 aliphatic carbocycles. The predicted octanol–water partition coefficient (Wildman–Crippen LogP) is 1.23. The van der Waals surface area contributed by atoms with Crippen LogP contribution in [0.4, 0.5) is 0 Å². The molecule has 0 unspecified atom stereocenters. The van der Waals surface area contributed by atoms with Crippen LogP contribution < -0.4 is 11.1 Å². The zero-order chi connectivity index (χ0) is 11.4. The fourth-order valence-corrected chi connectivity index (χ4v) is 2.62. The van der Waals surface area contributed by atoms with Crippen molar-refractivity contribution in [2.75, 3.05) is 26.2 Å². The third-order valence-electron chi connectivity index (χ3n) is 3.56. The molecule has 0 bridgehead atoms. The van der Waals surface area contributed by atoms with Crippen LogP contribution in [0.1, 0.15) is 26.2 Å². The summed E-state index contributed by atoms with van der Waals surface area (Å²) in [5.74, 6) is 0. The summed E-state index contributed by atoms with van der Waals surface area (Å²) in [6.45, 7) is 6.64. The van der Waals surface area contributed by atoms with Crippen molar-refractivity contribution in [2.24, 2.45) is 5.73 Å². The van der Waals surface area contributed by atoms with E-state index in [4.69, 9.17) is 5.73 Å². The molecule has 0 aromatic rings. The molecule has 0 aromatic heterocycles. The summed E-state index contributed by atoms with van der Waals surface area (Å²) in [6.07, 6.45) is 7.88. The van der Waals surface area contributed by atoms with Gasteiger partial charge in [0.05, 0.1) is 0 Å². The fraction of sp³-hybridized carbons (Fsp3) is 0.692. The smallest absolute Gasteiger partial charge is 0.0500 e. The highest BCUT2D eigenvalue weighted by molar-refractivity contribution is 5.32. The first-order chi connectivity index (χ1) is 7.83. The van der Waals surface area contributed by atoms with Crippen molar-refractivity contribution in [3.05, 3.63) is 23.4 Å². The van der Waals surface area contributed by atoms with Gasteiger partial charge in [0.25, 0.3) is 0 Å². The lowest BCUT2D eigenvalue weighted by Crippen LogP contribution is -2.49. The monoisotopic (exact) mass is 221 g/mol. The van der Waals surface area contributed by atoms with Gasteiger partial charge < -0.3 is 11.1 Å². The number of hydrogen-bond donors (Lipinski definition) is 2. The zero-order valence-electron chi connectivity index (χ0n) is 10.2. The van der Waals surface area contributed by atoms with E-state index in [1.165, 1.54) is 12.0 Å². The van der Waals surface area contributed by atoms with Crippen molar-refractivity contribution in [3.8, 4) is 0 Å². The van der Waals surface area contributed by atoms with Gasteiger partial charge in [0.1, 0.15) is 0 Å². The van der Waals surface area contributed by atoms with Crippen molar-refractivity contribution >= 4 is 0 Å². The van der Waals surface area contributed by atoms with E-state index >= 15 is 0 Å². The molecular formula is C13H23N3. The van der Waals surface area contributed by atoms with Crippen molar-refractivity contribution in [1.82, 2.24) is 10.2 Å². The molecule has 1 fully saturated rings. The summed E-state index contributed by atoms with van der Waals surface area (Å²) in [5.41, 5.74) is 8.74. The molecule has 0 spiro atoms. The van der Waals surface area contributed by atoms with Gasteiger partial charge in [0, 0.05) is 37.9 Å². The highest BCUT2D eigenvalue weighted by Crippen LogP contribution is 2.28. The second kappa shape index (κ2) is 5.51. The SMILES string of the molecule is CC/C=C\C1=C(N)[C@H](N2CCNCC2)CC1. The van der Waals surface area contributed by atoms with E-state index in [-0.39, 0.29) is 0 Å².